The molecule has 1 unspecified atom stereocenters. The van der Waals surface area contributed by atoms with Crippen LogP contribution in [0.4, 0.5) is 5.69 Å². The van der Waals surface area contributed by atoms with E-state index in [4.69, 9.17) is 11.6 Å². The molecule has 0 saturated heterocycles. The Morgan fingerprint density at radius 1 is 1.33 bits per heavy atom. The SMILES string of the molecule is Cc1cc(C(=O)N2CS(=O)c3ccccc32)cc(Cl)c1O. The molecule has 0 spiro atoms. The molecule has 108 valence electrons. The van der Waals surface area contributed by atoms with Gasteiger partial charge in [0.2, 0.25) is 0 Å². The number of fused-ring (bicyclic) bond motifs is 1. The van der Waals surface area contributed by atoms with Gasteiger partial charge in [0.15, 0.2) is 0 Å². The highest BCUT2D eigenvalue weighted by Crippen LogP contribution is 2.34. The highest BCUT2D eigenvalue weighted by atomic mass is 35.5. The van der Waals surface area contributed by atoms with Crippen molar-refractivity contribution in [1.29, 1.82) is 0 Å². The lowest BCUT2D eigenvalue weighted by molar-refractivity contribution is 0.0991. The number of nitrogens with zero attached hydrogens (tertiary/aromatic N) is 1. The lowest BCUT2D eigenvalue weighted by Crippen LogP contribution is -2.29. The van der Waals surface area contributed by atoms with Gasteiger partial charge in [-0.3, -0.25) is 13.9 Å². The van der Waals surface area contributed by atoms with Gasteiger partial charge in [0.1, 0.15) is 11.6 Å². The number of carbonyl (C=O) groups is 1. The van der Waals surface area contributed by atoms with Gasteiger partial charge in [0.25, 0.3) is 5.91 Å². The summed E-state index contributed by atoms with van der Waals surface area (Å²) >= 11 is 5.92. The second-order valence-electron chi connectivity index (χ2n) is 4.80. The van der Waals surface area contributed by atoms with Crippen LogP contribution < -0.4 is 4.90 Å². The average Bonchev–Trinajstić information content (AvgIpc) is 2.81. The van der Waals surface area contributed by atoms with Gasteiger partial charge in [-0.2, -0.15) is 0 Å². The van der Waals surface area contributed by atoms with Crippen molar-refractivity contribution in [2.24, 2.45) is 0 Å². The predicted octanol–water partition coefficient (Wildman–Crippen LogP) is 3.08. The zero-order chi connectivity index (χ0) is 15.1. The molecule has 1 amide bonds. The highest BCUT2D eigenvalue weighted by Gasteiger charge is 2.30. The summed E-state index contributed by atoms with van der Waals surface area (Å²) < 4.78 is 12.1. The normalized spacial score (nSPS) is 16.9. The Labute approximate surface area is 129 Å². The second-order valence-corrected chi connectivity index (χ2v) is 6.60. The molecule has 1 aliphatic rings. The fourth-order valence-corrected chi connectivity index (χ4v) is 3.85. The number of aryl methyl sites for hydroxylation is 1. The molecule has 6 heteroatoms. The largest absolute Gasteiger partial charge is 0.506 e. The molecule has 0 radical (unpaired) electrons. The first kappa shape index (κ1) is 14.1. The molecular weight excluding hydrogens is 310 g/mol. The first-order valence-corrected chi connectivity index (χ1v) is 7.97. The van der Waals surface area contributed by atoms with Gasteiger partial charge < -0.3 is 5.11 Å². The van der Waals surface area contributed by atoms with E-state index in [0.29, 0.717) is 21.7 Å². The minimum atomic E-state index is -1.21. The number of rotatable bonds is 1. The molecule has 2 aromatic rings. The van der Waals surface area contributed by atoms with Crippen molar-refractivity contribution in [3.05, 3.63) is 52.5 Å². The standard InChI is InChI=1S/C15H12ClNO3S/c1-9-6-10(7-11(16)14(9)18)15(19)17-8-21(20)13-5-3-2-4-12(13)17/h2-7,18H,8H2,1H3. The molecule has 0 saturated carbocycles. The van der Waals surface area contributed by atoms with Gasteiger partial charge in [-0.1, -0.05) is 23.7 Å². The van der Waals surface area contributed by atoms with Crippen LogP contribution in [-0.4, -0.2) is 21.1 Å². The van der Waals surface area contributed by atoms with Crippen molar-refractivity contribution in [2.75, 3.05) is 10.8 Å². The number of anilines is 1. The van der Waals surface area contributed by atoms with Crippen LogP contribution in [0.25, 0.3) is 0 Å². The molecule has 0 aromatic heterocycles. The Morgan fingerprint density at radius 2 is 2.05 bits per heavy atom. The monoisotopic (exact) mass is 321 g/mol. The van der Waals surface area contributed by atoms with E-state index in [0.717, 1.165) is 0 Å². The Morgan fingerprint density at radius 3 is 2.76 bits per heavy atom. The fourth-order valence-electron chi connectivity index (χ4n) is 2.31. The van der Waals surface area contributed by atoms with Crippen LogP contribution in [0.3, 0.4) is 0 Å². The molecule has 1 atom stereocenters. The number of phenolic OH excluding ortho intramolecular Hbond substituents is 1. The summed E-state index contributed by atoms with van der Waals surface area (Å²) in [4.78, 5) is 14.8. The van der Waals surface area contributed by atoms with Crippen molar-refractivity contribution >= 4 is 34.0 Å². The molecule has 0 fully saturated rings. The summed E-state index contributed by atoms with van der Waals surface area (Å²) in [5, 5.41) is 9.80. The van der Waals surface area contributed by atoms with Crippen molar-refractivity contribution in [1.82, 2.24) is 0 Å². The fraction of sp³-hybridized carbons (Fsp3) is 0.133. The molecule has 3 rings (SSSR count). The zero-order valence-electron chi connectivity index (χ0n) is 11.2. The lowest BCUT2D eigenvalue weighted by atomic mass is 10.1. The van der Waals surface area contributed by atoms with Crippen LogP contribution in [0.15, 0.2) is 41.3 Å². The van der Waals surface area contributed by atoms with Gasteiger partial charge in [-0.15, -0.1) is 0 Å². The van der Waals surface area contributed by atoms with E-state index in [1.807, 2.05) is 0 Å². The Bertz CT molecular complexity index is 752. The van der Waals surface area contributed by atoms with Crippen LogP contribution in [0, 0.1) is 6.92 Å². The van der Waals surface area contributed by atoms with E-state index < -0.39 is 10.8 Å². The maximum absolute atomic E-state index is 12.6. The lowest BCUT2D eigenvalue weighted by Gasteiger charge is -2.16. The maximum atomic E-state index is 12.6. The number of aromatic hydroxyl groups is 1. The molecule has 0 bridgehead atoms. The number of benzene rings is 2. The number of halogens is 1. The van der Waals surface area contributed by atoms with Gasteiger partial charge in [0.05, 0.1) is 26.4 Å². The third-order valence-electron chi connectivity index (χ3n) is 3.39. The summed E-state index contributed by atoms with van der Waals surface area (Å²) in [5.74, 6) is -0.174. The molecule has 0 aliphatic carbocycles. The molecule has 2 aromatic carbocycles. The van der Waals surface area contributed by atoms with E-state index >= 15 is 0 Å². The predicted molar refractivity (Wildman–Crippen MR) is 82.4 cm³/mol. The minimum Gasteiger partial charge on any atom is -0.506 e. The summed E-state index contributed by atoms with van der Waals surface area (Å²) in [6, 6.07) is 10.1. The number of hydrogen-bond acceptors (Lipinski definition) is 3. The number of carbonyl (C=O) groups excluding carboxylic acids is 1. The van der Waals surface area contributed by atoms with Gasteiger partial charge >= 0.3 is 0 Å². The van der Waals surface area contributed by atoms with Crippen molar-refractivity contribution in [3.8, 4) is 5.75 Å². The van der Waals surface area contributed by atoms with E-state index in [1.165, 1.54) is 11.0 Å². The van der Waals surface area contributed by atoms with Crippen LogP contribution in [0.5, 0.6) is 5.75 Å². The number of amides is 1. The topological polar surface area (TPSA) is 57.6 Å². The summed E-state index contributed by atoms with van der Waals surface area (Å²) in [6.45, 7) is 1.67. The Balaban J connectivity index is 2.03. The molecule has 4 nitrogen and oxygen atoms in total. The van der Waals surface area contributed by atoms with Crippen LogP contribution in [0.1, 0.15) is 15.9 Å². The third-order valence-corrected chi connectivity index (χ3v) is 5.01. The number of phenols is 1. The van der Waals surface area contributed by atoms with Crippen LogP contribution >= 0.6 is 11.6 Å². The van der Waals surface area contributed by atoms with E-state index in [-0.39, 0.29) is 22.6 Å². The van der Waals surface area contributed by atoms with E-state index in [2.05, 4.69) is 0 Å². The Kier molecular flexibility index (Phi) is 3.47. The van der Waals surface area contributed by atoms with Crippen LogP contribution in [0.2, 0.25) is 5.02 Å². The number of hydrogen-bond donors (Lipinski definition) is 1. The van der Waals surface area contributed by atoms with Crippen LogP contribution in [-0.2, 0) is 10.8 Å². The minimum absolute atomic E-state index is 0.0291. The summed E-state index contributed by atoms with van der Waals surface area (Å²) in [5.41, 5.74) is 1.55. The smallest absolute Gasteiger partial charge is 0.259 e. The first-order chi connectivity index (χ1) is 9.99. The van der Waals surface area contributed by atoms with Gasteiger partial charge in [0, 0.05) is 5.56 Å². The molecular formula is C15H12ClNO3S. The second kappa shape index (κ2) is 5.16. The molecule has 1 N–H and O–H groups in total. The van der Waals surface area contributed by atoms with Gasteiger partial charge in [-0.25, -0.2) is 0 Å². The first-order valence-electron chi connectivity index (χ1n) is 6.27. The molecule has 1 aliphatic heterocycles. The highest BCUT2D eigenvalue weighted by molar-refractivity contribution is 7.85. The summed E-state index contributed by atoms with van der Waals surface area (Å²) in [7, 11) is -1.21. The third kappa shape index (κ3) is 2.32. The van der Waals surface area contributed by atoms with Crippen molar-refractivity contribution in [2.45, 2.75) is 11.8 Å². The van der Waals surface area contributed by atoms with E-state index in [9.17, 15) is 14.1 Å². The maximum Gasteiger partial charge on any atom is 0.259 e. The molecule has 1 heterocycles. The molecule has 21 heavy (non-hydrogen) atoms. The number of para-hydroxylation sites is 1. The van der Waals surface area contributed by atoms with Gasteiger partial charge in [-0.05, 0) is 36.8 Å². The van der Waals surface area contributed by atoms with Crippen molar-refractivity contribution in [3.63, 3.8) is 0 Å². The van der Waals surface area contributed by atoms with Crippen molar-refractivity contribution < 1.29 is 14.1 Å². The Hall–Kier alpha value is -1.85. The quantitative estimate of drug-likeness (QED) is 0.878. The van der Waals surface area contributed by atoms with E-state index in [1.54, 1.807) is 37.3 Å². The average molecular weight is 322 g/mol. The summed E-state index contributed by atoms with van der Waals surface area (Å²) in [6.07, 6.45) is 0. The zero-order valence-corrected chi connectivity index (χ0v) is 12.7.